The van der Waals surface area contributed by atoms with Gasteiger partial charge in [-0.3, -0.25) is 4.90 Å². The van der Waals surface area contributed by atoms with E-state index >= 15 is 8.78 Å². The zero-order chi connectivity index (χ0) is 61.1. The zero-order valence-corrected chi connectivity index (χ0v) is 51.9. The van der Waals surface area contributed by atoms with Crippen molar-refractivity contribution in [2.24, 2.45) is 0 Å². The Bertz CT molecular complexity index is 5040. The van der Waals surface area contributed by atoms with Crippen molar-refractivity contribution >= 4 is 87.7 Å². The highest BCUT2D eigenvalue weighted by atomic mass is 32.1. The number of benzene rings is 11. The normalized spacial score (nSPS) is 12.9. The van der Waals surface area contributed by atoms with Gasteiger partial charge in [0.25, 0.3) is 0 Å². The van der Waals surface area contributed by atoms with Crippen LogP contribution in [0.1, 0.15) is 86.1 Å². The number of aryl methyl sites for hydroxylation is 2. The fourth-order valence-electron chi connectivity index (χ4n) is 13.8. The fraction of sp³-hybridized carbons (Fsp3) is 0.134. The molecule has 0 bridgehead atoms. The molecule has 15 rings (SSSR count). The first kappa shape index (κ1) is 55.6. The van der Waals surface area contributed by atoms with Crippen molar-refractivity contribution in [2.75, 3.05) is 9.80 Å². The van der Waals surface area contributed by atoms with E-state index < -0.39 is 17.0 Å². The van der Waals surface area contributed by atoms with E-state index in [0.29, 0.717) is 16.7 Å². The summed E-state index contributed by atoms with van der Waals surface area (Å²) >= 11 is 1.74. The summed E-state index contributed by atoms with van der Waals surface area (Å²) in [5.41, 5.74) is 17.6. The first-order chi connectivity index (χ1) is 43.0. The standard InChI is InChI=1S/C82H65F2N3OS/c1-50-33-42-68(64(43-50)52-21-11-9-12-22-52)86(60-38-34-54(35-39-60)80(3,4)5)69-47-67-76(77-73(69)62-29-15-17-31-71(62)88-77)75-66(82(67,56-25-19-27-58(83)45-56)57-26-20-28-59(84)46-57)48-70(78-74(75)63-30-16-18-32-72(63)89-78)87(61-40-36-55(37-41-61)81(6,7)8)79-65(44-51(2)49-85-79)53-23-13-10-14-24-53/h9-49H,1-8H3. The van der Waals surface area contributed by atoms with Gasteiger partial charge in [0.15, 0.2) is 0 Å². The van der Waals surface area contributed by atoms with Crippen molar-refractivity contribution in [1.29, 1.82) is 0 Å². The lowest BCUT2D eigenvalue weighted by Crippen LogP contribution is -2.29. The number of halogens is 2. The highest BCUT2D eigenvalue weighted by Crippen LogP contribution is 2.65. The number of nitrogens with zero attached hydrogens (tertiary/aromatic N) is 3. The molecule has 0 radical (unpaired) electrons. The van der Waals surface area contributed by atoms with Crippen LogP contribution < -0.4 is 9.80 Å². The second kappa shape index (κ2) is 21.1. The Balaban J connectivity index is 1.16. The molecule has 4 nitrogen and oxygen atoms in total. The van der Waals surface area contributed by atoms with Crippen molar-refractivity contribution in [3.05, 3.63) is 305 Å². The molecule has 14 aromatic rings. The highest BCUT2D eigenvalue weighted by Gasteiger charge is 2.51. The summed E-state index contributed by atoms with van der Waals surface area (Å²) in [7, 11) is 0. The number of anilines is 6. The average molecular weight is 1180 g/mol. The summed E-state index contributed by atoms with van der Waals surface area (Å²) < 4.78 is 43.8. The van der Waals surface area contributed by atoms with Gasteiger partial charge in [-0.2, -0.15) is 0 Å². The highest BCUT2D eigenvalue weighted by molar-refractivity contribution is 7.26. The number of pyridine rings is 1. The molecule has 0 amide bonds. The van der Waals surface area contributed by atoms with Crippen LogP contribution in [0.25, 0.3) is 75.5 Å². The Hall–Kier alpha value is -9.95. The maximum absolute atomic E-state index is 17.0. The van der Waals surface area contributed by atoms with Crippen molar-refractivity contribution in [1.82, 2.24) is 4.98 Å². The van der Waals surface area contributed by atoms with E-state index in [9.17, 15) is 0 Å². The number of para-hydroxylation sites is 1. The molecule has 0 aliphatic heterocycles. The predicted molar refractivity (Wildman–Crippen MR) is 369 cm³/mol. The van der Waals surface area contributed by atoms with Gasteiger partial charge < -0.3 is 9.32 Å². The molecule has 0 saturated heterocycles. The molecular formula is C82H65F2N3OS. The lowest BCUT2D eigenvalue weighted by atomic mass is 9.67. The maximum Gasteiger partial charge on any atom is 0.145 e. The van der Waals surface area contributed by atoms with E-state index in [-0.39, 0.29) is 10.8 Å². The van der Waals surface area contributed by atoms with Gasteiger partial charge in [-0.25, -0.2) is 13.8 Å². The quantitative estimate of drug-likeness (QED) is 0.137. The molecule has 434 valence electrons. The maximum atomic E-state index is 17.0. The number of rotatable bonds is 10. The summed E-state index contributed by atoms with van der Waals surface area (Å²) in [5.74, 6) is -0.0838. The van der Waals surface area contributed by atoms with Crippen LogP contribution >= 0.6 is 11.3 Å². The molecule has 1 aliphatic carbocycles. The number of hydrogen-bond donors (Lipinski definition) is 0. The van der Waals surface area contributed by atoms with Crippen LogP contribution in [0.2, 0.25) is 0 Å². The van der Waals surface area contributed by atoms with Gasteiger partial charge in [0.05, 0.1) is 32.6 Å². The van der Waals surface area contributed by atoms with Crippen LogP contribution in [0.4, 0.5) is 43.0 Å². The molecule has 7 heteroatoms. The van der Waals surface area contributed by atoms with Crippen LogP contribution in [0, 0.1) is 25.5 Å². The summed E-state index contributed by atoms with van der Waals surface area (Å²) in [6.45, 7) is 17.7. The third-order valence-electron chi connectivity index (χ3n) is 18.1. The molecule has 0 atom stereocenters. The van der Waals surface area contributed by atoms with Crippen LogP contribution in [-0.4, -0.2) is 4.98 Å². The topological polar surface area (TPSA) is 32.5 Å². The minimum absolute atomic E-state index is 0.120. The zero-order valence-electron chi connectivity index (χ0n) is 51.1. The van der Waals surface area contributed by atoms with Crippen LogP contribution in [0.3, 0.4) is 0 Å². The number of furan rings is 1. The van der Waals surface area contributed by atoms with Crippen molar-refractivity contribution in [3.8, 4) is 33.4 Å². The average Bonchev–Trinajstić information content (AvgIpc) is 1.51. The van der Waals surface area contributed by atoms with Gasteiger partial charge in [-0.1, -0.05) is 199 Å². The van der Waals surface area contributed by atoms with Gasteiger partial charge in [-0.15, -0.1) is 11.3 Å². The van der Waals surface area contributed by atoms with Gasteiger partial charge in [0, 0.05) is 55.1 Å². The van der Waals surface area contributed by atoms with E-state index in [1.807, 2.05) is 30.5 Å². The molecule has 89 heavy (non-hydrogen) atoms. The Kier molecular flexibility index (Phi) is 13.2. The molecule has 11 aromatic carbocycles. The minimum Gasteiger partial charge on any atom is -0.455 e. The lowest BCUT2D eigenvalue weighted by Gasteiger charge is -2.36. The third kappa shape index (κ3) is 9.16. The predicted octanol–water partition coefficient (Wildman–Crippen LogP) is 23.5. The first-order valence-corrected chi connectivity index (χ1v) is 31.4. The van der Waals surface area contributed by atoms with Crippen LogP contribution in [-0.2, 0) is 16.2 Å². The SMILES string of the molecule is Cc1ccc(N(c2ccc(C(C)(C)C)cc2)c2cc3c(c4oc5ccccc5c24)-c2c(cc(N(c4ccc(C(C)(C)C)cc4)c4ncc(C)cc4-c4ccccc4)c4sc5ccccc5c24)C3(c2cccc(F)c2)c2cccc(F)c2)c(-c2ccccc2)c1. The Labute approximate surface area is 522 Å². The monoisotopic (exact) mass is 1180 g/mol. The van der Waals surface area contributed by atoms with Gasteiger partial charge in [0.2, 0.25) is 0 Å². The van der Waals surface area contributed by atoms with Crippen LogP contribution in [0.15, 0.2) is 253 Å². The summed E-state index contributed by atoms with van der Waals surface area (Å²) in [6, 6.07) is 83.3. The van der Waals surface area contributed by atoms with Crippen molar-refractivity contribution in [3.63, 3.8) is 0 Å². The molecule has 0 fully saturated rings. The van der Waals surface area contributed by atoms with E-state index in [1.54, 1.807) is 35.6 Å². The number of aromatic nitrogens is 1. The molecule has 0 unspecified atom stereocenters. The van der Waals surface area contributed by atoms with Gasteiger partial charge in [-0.05, 0) is 171 Å². The second-order valence-electron chi connectivity index (χ2n) is 25.9. The molecule has 0 N–H and O–H groups in total. The number of thiophene rings is 1. The van der Waals surface area contributed by atoms with E-state index in [0.717, 1.165) is 126 Å². The summed E-state index contributed by atoms with van der Waals surface area (Å²) in [5, 5.41) is 3.91. The molecule has 0 saturated carbocycles. The Morgan fingerprint density at radius 2 is 0.989 bits per heavy atom. The Morgan fingerprint density at radius 1 is 0.449 bits per heavy atom. The minimum atomic E-state index is -1.41. The van der Waals surface area contributed by atoms with Crippen molar-refractivity contribution < 1.29 is 13.2 Å². The van der Waals surface area contributed by atoms with E-state index in [4.69, 9.17) is 9.40 Å². The van der Waals surface area contributed by atoms with Crippen molar-refractivity contribution in [2.45, 2.75) is 71.6 Å². The van der Waals surface area contributed by atoms with E-state index in [2.05, 4.69) is 247 Å². The summed E-state index contributed by atoms with van der Waals surface area (Å²) in [6.07, 6.45) is 1.95. The summed E-state index contributed by atoms with van der Waals surface area (Å²) in [4.78, 5) is 10.2. The smallest absolute Gasteiger partial charge is 0.145 e. The van der Waals surface area contributed by atoms with Gasteiger partial charge >= 0.3 is 0 Å². The number of fused-ring (bicyclic) bond motifs is 11. The van der Waals surface area contributed by atoms with Crippen LogP contribution in [0.5, 0.6) is 0 Å². The molecule has 1 aliphatic rings. The van der Waals surface area contributed by atoms with Gasteiger partial charge in [0.1, 0.15) is 28.6 Å². The fourth-order valence-corrected chi connectivity index (χ4v) is 15.1. The Morgan fingerprint density at radius 3 is 1.61 bits per heavy atom. The van der Waals surface area contributed by atoms with E-state index in [1.165, 1.54) is 23.3 Å². The molecule has 3 heterocycles. The lowest BCUT2D eigenvalue weighted by molar-refractivity contribution is 0.590. The number of hydrogen-bond acceptors (Lipinski definition) is 5. The largest absolute Gasteiger partial charge is 0.455 e. The molecule has 3 aromatic heterocycles. The molecular weight excluding hydrogens is 1110 g/mol. The third-order valence-corrected chi connectivity index (χ3v) is 19.3. The second-order valence-corrected chi connectivity index (χ2v) is 27.0. The molecule has 0 spiro atoms. The first-order valence-electron chi connectivity index (χ1n) is 30.5.